The Hall–Kier alpha value is -1.36. The molecular weight excluding hydrogens is 300 g/mol. The molecule has 5 heteroatoms. The number of rotatable bonds is 3. The molecule has 0 amide bonds. The van der Waals surface area contributed by atoms with Gasteiger partial charge in [-0.05, 0) is 39.0 Å². The van der Waals surface area contributed by atoms with Gasteiger partial charge in [-0.25, -0.2) is 4.98 Å². The molecule has 2 aromatic rings. The molecule has 1 aromatic heterocycles. The molecule has 0 aliphatic carbocycles. The van der Waals surface area contributed by atoms with E-state index in [4.69, 9.17) is 20.8 Å². The summed E-state index contributed by atoms with van der Waals surface area (Å²) in [6.07, 6.45) is 0.506. The van der Waals surface area contributed by atoms with E-state index < -0.39 is 0 Å². The van der Waals surface area contributed by atoms with Gasteiger partial charge in [0.25, 0.3) is 0 Å². The summed E-state index contributed by atoms with van der Waals surface area (Å²) in [6, 6.07) is 7.58. The van der Waals surface area contributed by atoms with Crippen molar-refractivity contribution in [1.82, 2.24) is 9.88 Å². The lowest BCUT2D eigenvalue weighted by Gasteiger charge is -2.34. The van der Waals surface area contributed by atoms with Gasteiger partial charge in [-0.1, -0.05) is 17.7 Å². The largest absolute Gasteiger partial charge is 0.441 e. The van der Waals surface area contributed by atoms with Crippen LogP contribution in [0.1, 0.15) is 25.3 Å². The summed E-state index contributed by atoms with van der Waals surface area (Å²) in [6.45, 7) is 8.80. The topological polar surface area (TPSA) is 38.5 Å². The number of benzene rings is 1. The smallest absolute Gasteiger partial charge is 0.226 e. The predicted molar refractivity (Wildman–Crippen MR) is 87.0 cm³/mol. The van der Waals surface area contributed by atoms with Crippen molar-refractivity contribution in [3.05, 3.63) is 40.7 Å². The van der Waals surface area contributed by atoms with Crippen molar-refractivity contribution in [2.24, 2.45) is 0 Å². The number of aromatic nitrogens is 1. The Kier molecular flexibility index (Phi) is 4.52. The first-order valence-electron chi connectivity index (χ1n) is 7.61. The van der Waals surface area contributed by atoms with Crippen LogP contribution in [-0.2, 0) is 11.3 Å². The zero-order valence-electron chi connectivity index (χ0n) is 13.2. The molecule has 1 aromatic carbocycles. The molecule has 118 valence electrons. The summed E-state index contributed by atoms with van der Waals surface area (Å²) in [4.78, 5) is 7.02. The molecule has 1 fully saturated rings. The first kappa shape index (κ1) is 15.5. The highest BCUT2D eigenvalue weighted by atomic mass is 35.5. The maximum atomic E-state index is 6.04. The first-order chi connectivity index (χ1) is 10.5. The molecule has 0 unspecified atom stereocenters. The van der Waals surface area contributed by atoms with Gasteiger partial charge in [0.05, 0.1) is 17.9 Å². The van der Waals surface area contributed by atoms with Crippen LogP contribution in [0.4, 0.5) is 0 Å². The maximum absolute atomic E-state index is 6.04. The van der Waals surface area contributed by atoms with E-state index in [0.717, 1.165) is 36.7 Å². The van der Waals surface area contributed by atoms with Gasteiger partial charge in [-0.2, -0.15) is 0 Å². The van der Waals surface area contributed by atoms with Crippen LogP contribution < -0.4 is 0 Å². The van der Waals surface area contributed by atoms with E-state index >= 15 is 0 Å². The van der Waals surface area contributed by atoms with E-state index in [9.17, 15) is 0 Å². The Morgan fingerprint density at radius 2 is 2.00 bits per heavy atom. The lowest BCUT2D eigenvalue weighted by molar-refractivity contribution is -0.0708. The molecule has 0 spiro atoms. The summed E-state index contributed by atoms with van der Waals surface area (Å²) in [7, 11) is 0. The molecule has 22 heavy (non-hydrogen) atoms. The molecule has 1 aliphatic rings. The second-order valence-corrected chi connectivity index (χ2v) is 6.42. The lowest BCUT2D eigenvalue weighted by atomic mass is 10.2. The van der Waals surface area contributed by atoms with Crippen LogP contribution in [0.3, 0.4) is 0 Å². The Labute approximate surface area is 136 Å². The monoisotopic (exact) mass is 320 g/mol. The third-order valence-electron chi connectivity index (χ3n) is 3.83. The van der Waals surface area contributed by atoms with Crippen LogP contribution in [0.5, 0.6) is 0 Å². The highest BCUT2D eigenvalue weighted by Crippen LogP contribution is 2.25. The van der Waals surface area contributed by atoms with Crippen LogP contribution in [0, 0.1) is 6.92 Å². The number of aryl methyl sites for hydroxylation is 1. The molecule has 4 nitrogen and oxygen atoms in total. The van der Waals surface area contributed by atoms with Gasteiger partial charge in [-0.3, -0.25) is 4.90 Å². The Balaban J connectivity index is 1.78. The number of hydrogen-bond donors (Lipinski definition) is 0. The predicted octanol–water partition coefficient (Wildman–Crippen LogP) is 3.91. The third-order valence-corrected chi connectivity index (χ3v) is 4.07. The van der Waals surface area contributed by atoms with Gasteiger partial charge in [0, 0.05) is 30.2 Å². The van der Waals surface area contributed by atoms with Gasteiger partial charge in [0.2, 0.25) is 5.89 Å². The molecule has 1 saturated heterocycles. The Bertz CT molecular complexity index is 646. The SMILES string of the molecule is Cc1oc(-c2cccc(Cl)c2)nc1CN1C[C@@H](C)O[C@@H](C)C1. The second-order valence-electron chi connectivity index (χ2n) is 5.98. The van der Waals surface area contributed by atoms with Crippen molar-refractivity contribution < 1.29 is 9.15 Å². The third kappa shape index (κ3) is 3.51. The fourth-order valence-corrected chi connectivity index (χ4v) is 3.14. The second kappa shape index (κ2) is 6.41. The summed E-state index contributed by atoms with van der Waals surface area (Å²) in [5.74, 6) is 1.49. The summed E-state index contributed by atoms with van der Waals surface area (Å²) in [5.41, 5.74) is 1.89. The maximum Gasteiger partial charge on any atom is 0.226 e. The number of oxazole rings is 1. The van der Waals surface area contributed by atoms with Gasteiger partial charge >= 0.3 is 0 Å². The van der Waals surface area contributed by atoms with E-state index in [-0.39, 0.29) is 12.2 Å². The van der Waals surface area contributed by atoms with E-state index in [2.05, 4.69) is 23.7 Å². The molecule has 0 bridgehead atoms. The van der Waals surface area contributed by atoms with E-state index in [1.807, 2.05) is 31.2 Å². The highest BCUT2D eigenvalue weighted by molar-refractivity contribution is 6.30. The lowest BCUT2D eigenvalue weighted by Crippen LogP contribution is -2.44. The number of ether oxygens (including phenoxy) is 1. The molecule has 2 atom stereocenters. The van der Waals surface area contributed by atoms with Crippen LogP contribution in [0.2, 0.25) is 5.02 Å². The quantitative estimate of drug-likeness (QED) is 0.859. The van der Waals surface area contributed by atoms with Gasteiger partial charge in [0.1, 0.15) is 5.76 Å². The van der Waals surface area contributed by atoms with Gasteiger partial charge in [0.15, 0.2) is 0 Å². The van der Waals surface area contributed by atoms with Crippen molar-refractivity contribution in [2.45, 2.75) is 39.5 Å². The summed E-state index contributed by atoms with van der Waals surface area (Å²) >= 11 is 6.04. The number of morpholine rings is 1. The zero-order chi connectivity index (χ0) is 15.7. The van der Waals surface area contributed by atoms with Crippen molar-refractivity contribution in [2.75, 3.05) is 13.1 Å². The van der Waals surface area contributed by atoms with Crippen molar-refractivity contribution in [3.63, 3.8) is 0 Å². The number of halogens is 1. The number of hydrogen-bond acceptors (Lipinski definition) is 4. The van der Waals surface area contributed by atoms with Crippen LogP contribution >= 0.6 is 11.6 Å². The number of nitrogens with zero attached hydrogens (tertiary/aromatic N) is 2. The van der Waals surface area contributed by atoms with Crippen molar-refractivity contribution in [1.29, 1.82) is 0 Å². The molecule has 2 heterocycles. The molecular formula is C17H21ClN2O2. The molecule has 0 radical (unpaired) electrons. The minimum Gasteiger partial charge on any atom is -0.441 e. The molecule has 3 rings (SSSR count). The fourth-order valence-electron chi connectivity index (χ4n) is 2.95. The summed E-state index contributed by atoms with van der Waals surface area (Å²) in [5, 5.41) is 0.686. The Morgan fingerprint density at radius 1 is 1.27 bits per heavy atom. The van der Waals surface area contributed by atoms with E-state index in [0.29, 0.717) is 10.9 Å². The molecule has 1 aliphatic heterocycles. The highest BCUT2D eigenvalue weighted by Gasteiger charge is 2.24. The van der Waals surface area contributed by atoms with E-state index in [1.165, 1.54) is 0 Å². The Morgan fingerprint density at radius 3 is 2.68 bits per heavy atom. The van der Waals surface area contributed by atoms with Gasteiger partial charge in [-0.15, -0.1) is 0 Å². The summed E-state index contributed by atoms with van der Waals surface area (Å²) < 4.78 is 11.6. The van der Waals surface area contributed by atoms with E-state index in [1.54, 1.807) is 0 Å². The van der Waals surface area contributed by atoms with Gasteiger partial charge < -0.3 is 9.15 Å². The minimum absolute atomic E-state index is 0.253. The minimum atomic E-state index is 0.253. The van der Waals surface area contributed by atoms with Crippen LogP contribution in [0.25, 0.3) is 11.5 Å². The fraction of sp³-hybridized carbons (Fsp3) is 0.471. The van der Waals surface area contributed by atoms with Crippen LogP contribution in [-0.4, -0.2) is 35.2 Å². The van der Waals surface area contributed by atoms with Crippen molar-refractivity contribution >= 4 is 11.6 Å². The normalized spacial score (nSPS) is 22.9. The zero-order valence-corrected chi connectivity index (χ0v) is 13.9. The molecule has 0 saturated carbocycles. The average molecular weight is 321 g/mol. The standard InChI is InChI=1S/C17H21ClN2O2/c1-11-8-20(9-12(2)21-11)10-16-13(3)22-17(19-16)14-5-4-6-15(18)7-14/h4-7,11-12H,8-10H2,1-3H3/t11-,12+. The van der Waals surface area contributed by atoms with Crippen molar-refractivity contribution in [3.8, 4) is 11.5 Å². The molecule has 0 N–H and O–H groups in total. The average Bonchev–Trinajstić information content (AvgIpc) is 2.79. The first-order valence-corrected chi connectivity index (χ1v) is 7.99. The van der Waals surface area contributed by atoms with Crippen LogP contribution in [0.15, 0.2) is 28.7 Å².